The highest BCUT2D eigenvalue weighted by atomic mass is 16.4. The van der Waals surface area contributed by atoms with Gasteiger partial charge >= 0.3 is 0 Å². The second kappa shape index (κ2) is 3.63. The lowest BCUT2D eigenvalue weighted by Crippen LogP contribution is -2.28. The Kier molecular flexibility index (Phi) is 2.28. The highest BCUT2D eigenvalue weighted by Gasteiger charge is 2.31. The summed E-state index contributed by atoms with van der Waals surface area (Å²) in [6.45, 7) is 4.23. The predicted octanol–water partition coefficient (Wildman–Crippen LogP) is 2.33. The number of aryl methyl sites for hydroxylation is 1. The largest absolute Gasteiger partial charge is 0.445 e. The van der Waals surface area contributed by atoms with E-state index in [-0.39, 0.29) is 0 Å². The number of nitrogens with zero attached hydrogens (tertiary/aromatic N) is 1. The number of hydrogen-bond acceptors (Lipinski definition) is 3. The fraction of sp³-hybridized carbons (Fsp3) is 0.750. The SMILES string of the molecule is Cc1oc(C2CCCNC2)nc1C1CC1. The van der Waals surface area contributed by atoms with E-state index in [0.29, 0.717) is 11.8 Å². The third kappa shape index (κ3) is 1.81. The molecule has 0 radical (unpaired) electrons. The highest BCUT2D eigenvalue weighted by Crippen LogP contribution is 2.42. The molecule has 1 atom stereocenters. The van der Waals surface area contributed by atoms with Gasteiger partial charge in [0.2, 0.25) is 0 Å². The Morgan fingerprint density at radius 2 is 2.13 bits per heavy atom. The maximum absolute atomic E-state index is 5.80. The summed E-state index contributed by atoms with van der Waals surface area (Å²) >= 11 is 0. The van der Waals surface area contributed by atoms with Gasteiger partial charge in [-0.05, 0) is 39.2 Å². The van der Waals surface area contributed by atoms with Crippen molar-refractivity contribution in [1.82, 2.24) is 10.3 Å². The zero-order valence-corrected chi connectivity index (χ0v) is 9.25. The molecule has 1 aliphatic heterocycles. The van der Waals surface area contributed by atoms with E-state index < -0.39 is 0 Å². The minimum absolute atomic E-state index is 0.505. The van der Waals surface area contributed by atoms with E-state index in [9.17, 15) is 0 Å². The predicted molar refractivity (Wildman–Crippen MR) is 58.1 cm³/mol. The smallest absolute Gasteiger partial charge is 0.199 e. The summed E-state index contributed by atoms with van der Waals surface area (Å²) in [4.78, 5) is 4.69. The van der Waals surface area contributed by atoms with Gasteiger partial charge in [-0.1, -0.05) is 0 Å². The molecule has 2 fully saturated rings. The number of nitrogens with one attached hydrogen (secondary N) is 1. The van der Waals surface area contributed by atoms with Crippen molar-refractivity contribution in [2.45, 2.75) is 44.4 Å². The molecule has 1 unspecified atom stereocenters. The van der Waals surface area contributed by atoms with Crippen LogP contribution in [0.2, 0.25) is 0 Å². The van der Waals surface area contributed by atoms with E-state index in [2.05, 4.69) is 17.2 Å². The van der Waals surface area contributed by atoms with E-state index in [1.165, 1.54) is 31.4 Å². The number of rotatable bonds is 2. The zero-order valence-electron chi connectivity index (χ0n) is 9.25. The molecule has 15 heavy (non-hydrogen) atoms. The van der Waals surface area contributed by atoms with E-state index in [0.717, 1.165) is 24.7 Å². The molecule has 1 aromatic rings. The fourth-order valence-corrected chi connectivity index (χ4v) is 2.40. The van der Waals surface area contributed by atoms with Gasteiger partial charge in [-0.2, -0.15) is 0 Å². The first-order valence-corrected chi connectivity index (χ1v) is 6.02. The minimum atomic E-state index is 0.505. The Morgan fingerprint density at radius 1 is 1.27 bits per heavy atom. The monoisotopic (exact) mass is 206 g/mol. The van der Waals surface area contributed by atoms with Gasteiger partial charge in [0.15, 0.2) is 5.89 Å². The second-order valence-corrected chi connectivity index (χ2v) is 4.81. The molecule has 1 saturated carbocycles. The molecule has 3 heteroatoms. The van der Waals surface area contributed by atoms with Gasteiger partial charge in [0, 0.05) is 18.4 Å². The Morgan fingerprint density at radius 3 is 2.80 bits per heavy atom. The van der Waals surface area contributed by atoms with Crippen molar-refractivity contribution in [3.63, 3.8) is 0 Å². The Hall–Kier alpha value is -0.830. The van der Waals surface area contributed by atoms with Crippen LogP contribution in [-0.2, 0) is 0 Å². The molecule has 0 bridgehead atoms. The highest BCUT2D eigenvalue weighted by molar-refractivity contribution is 5.20. The molecule has 3 nitrogen and oxygen atoms in total. The summed E-state index contributed by atoms with van der Waals surface area (Å²) in [5.41, 5.74) is 1.23. The molecule has 3 rings (SSSR count). The van der Waals surface area contributed by atoms with Gasteiger partial charge < -0.3 is 9.73 Å². The number of hydrogen-bond donors (Lipinski definition) is 1. The average molecular weight is 206 g/mol. The van der Waals surface area contributed by atoms with Crippen molar-refractivity contribution >= 4 is 0 Å². The van der Waals surface area contributed by atoms with Crippen LogP contribution in [0, 0.1) is 6.92 Å². The van der Waals surface area contributed by atoms with Crippen LogP contribution in [0.3, 0.4) is 0 Å². The van der Waals surface area contributed by atoms with Crippen molar-refractivity contribution < 1.29 is 4.42 Å². The average Bonchev–Trinajstić information content (AvgIpc) is 3.04. The maximum atomic E-state index is 5.80. The molecule has 1 N–H and O–H groups in total. The van der Waals surface area contributed by atoms with Crippen LogP contribution in [0.5, 0.6) is 0 Å². The van der Waals surface area contributed by atoms with Crippen LogP contribution in [0.15, 0.2) is 4.42 Å². The lowest BCUT2D eigenvalue weighted by atomic mass is 10.00. The molecule has 2 heterocycles. The van der Waals surface area contributed by atoms with E-state index in [1.807, 2.05) is 0 Å². The summed E-state index contributed by atoms with van der Waals surface area (Å²) in [6.07, 6.45) is 5.06. The summed E-state index contributed by atoms with van der Waals surface area (Å²) in [6, 6.07) is 0. The van der Waals surface area contributed by atoms with Crippen LogP contribution in [0.25, 0.3) is 0 Å². The zero-order chi connectivity index (χ0) is 10.3. The Bertz CT molecular complexity index is 349. The molecule has 1 saturated heterocycles. The standard InChI is InChI=1S/C12H18N2O/c1-8-11(9-4-5-9)14-12(15-8)10-3-2-6-13-7-10/h9-10,13H,2-7H2,1H3. The van der Waals surface area contributed by atoms with Gasteiger partial charge in [-0.3, -0.25) is 0 Å². The first-order valence-electron chi connectivity index (χ1n) is 6.02. The summed E-state index contributed by atoms with van der Waals surface area (Å²) in [5.74, 6) is 3.24. The normalized spacial score (nSPS) is 26.9. The minimum Gasteiger partial charge on any atom is -0.445 e. The van der Waals surface area contributed by atoms with Crippen LogP contribution < -0.4 is 5.32 Å². The van der Waals surface area contributed by atoms with Gasteiger partial charge in [-0.15, -0.1) is 0 Å². The number of piperidine rings is 1. The van der Waals surface area contributed by atoms with Crippen molar-refractivity contribution in [3.05, 3.63) is 17.3 Å². The van der Waals surface area contributed by atoms with Crippen LogP contribution in [-0.4, -0.2) is 18.1 Å². The second-order valence-electron chi connectivity index (χ2n) is 4.81. The summed E-state index contributed by atoms with van der Waals surface area (Å²) in [7, 11) is 0. The molecule has 0 spiro atoms. The van der Waals surface area contributed by atoms with Crippen LogP contribution in [0.4, 0.5) is 0 Å². The van der Waals surface area contributed by atoms with E-state index in [1.54, 1.807) is 0 Å². The third-order valence-corrected chi connectivity index (χ3v) is 3.46. The van der Waals surface area contributed by atoms with Crippen molar-refractivity contribution in [3.8, 4) is 0 Å². The topological polar surface area (TPSA) is 38.1 Å². The quantitative estimate of drug-likeness (QED) is 0.807. The Labute approximate surface area is 90.3 Å². The van der Waals surface area contributed by atoms with Gasteiger partial charge in [-0.25, -0.2) is 4.98 Å². The summed E-state index contributed by atoms with van der Waals surface area (Å²) in [5, 5.41) is 3.41. The first kappa shape index (κ1) is 9.40. The van der Waals surface area contributed by atoms with Crippen molar-refractivity contribution in [2.75, 3.05) is 13.1 Å². The molecule has 1 aromatic heterocycles. The van der Waals surface area contributed by atoms with E-state index >= 15 is 0 Å². The summed E-state index contributed by atoms with van der Waals surface area (Å²) < 4.78 is 5.80. The van der Waals surface area contributed by atoms with Gasteiger partial charge in [0.1, 0.15) is 5.76 Å². The van der Waals surface area contributed by atoms with Gasteiger partial charge in [0.05, 0.1) is 5.69 Å². The lowest BCUT2D eigenvalue weighted by Gasteiger charge is -2.19. The maximum Gasteiger partial charge on any atom is 0.199 e. The third-order valence-electron chi connectivity index (χ3n) is 3.46. The first-order chi connectivity index (χ1) is 7.34. The van der Waals surface area contributed by atoms with Gasteiger partial charge in [0.25, 0.3) is 0 Å². The molecular weight excluding hydrogens is 188 g/mol. The van der Waals surface area contributed by atoms with E-state index in [4.69, 9.17) is 4.42 Å². The molecule has 0 amide bonds. The fourth-order valence-electron chi connectivity index (χ4n) is 2.40. The van der Waals surface area contributed by atoms with Crippen molar-refractivity contribution in [1.29, 1.82) is 0 Å². The van der Waals surface area contributed by atoms with Crippen molar-refractivity contribution in [2.24, 2.45) is 0 Å². The van der Waals surface area contributed by atoms with Crippen LogP contribution in [0.1, 0.15) is 54.9 Å². The lowest BCUT2D eigenvalue weighted by molar-refractivity contribution is 0.368. The number of oxazole rings is 1. The number of aromatic nitrogens is 1. The molecule has 2 aliphatic rings. The Balaban J connectivity index is 1.81. The molecule has 82 valence electrons. The molecular formula is C12H18N2O. The molecule has 1 aliphatic carbocycles. The van der Waals surface area contributed by atoms with Crippen LogP contribution >= 0.6 is 0 Å². The molecule has 0 aromatic carbocycles.